The molecule has 0 aliphatic heterocycles. The summed E-state index contributed by atoms with van der Waals surface area (Å²) in [6, 6.07) is 2.22. The van der Waals surface area contributed by atoms with E-state index in [0.29, 0.717) is 5.92 Å². The summed E-state index contributed by atoms with van der Waals surface area (Å²) in [5.41, 5.74) is 0. The third-order valence-electron chi connectivity index (χ3n) is 1.78. The molecule has 0 rings (SSSR count). The highest BCUT2D eigenvalue weighted by Crippen LogP contribution is 1.96. The van der Waals surface area contributed by atoms with Crippen molar-refractivity contribution in [2.24, 2.45) is 5.92 Å². The minimum Gasteiger partial charge on any atom is -0.303 e. The molecule has 0 aromatic carbocycles. The SMILES string of the molecule is CCNC(C#N)CN(C)CC(C)C. The minimum absolute atomic E-state index is 0.0336. The van der Waals surface area contributed by atoms with Gasteiger partial charge in [-0.2, -0.15) is 5.26 Å². The van der Waals surface area contributed by atoms with Gasteiger partial charge in [0.25, 0.3) is 0 Å². The lowest BCUT2D eigenvalue weighted by molar-refractivity contribution is 0.279. The van der Waals surface area contributed by atoms with Gasteiger partial charge in [0.1, 0.15) is 6.04 Å². The topological polar surface area (TPSA) is 39.1 Å². The minimum atomic E-state index is -0.0336. The van der Waals surface area contributed by atoms with Crippen molar-refractivity contribution in [2.45, 2.75) is 26.8 Å². The second kappa shape index (κ2) is 6.88. The zero-order chi connectivity index (χ0) is 10.3. The highest BCUT2D eigenvalue weighted by molar-refractivity contribution is 4.91. The Morgan fingerprint density at radius 2 is 2.00 bits per heavy atom. The van der Waals surface area contributed by atoms with E-state index >= 15 is 0 Å². The van der Waals surface area contributed by atoms with Crippen molar-refractivity contribution in [3.05, 3.63) is 0 Å². The lowest BCUT2D eigenvalue weighted by Crippen LogP contribution is -2.39. The number of nitrogens with one attached hydrogen (secondary N) is 1. The van der Waals surface area contributed by atoms with Crippen LogP contribution in [0.3, 0.4) is 0 Å². The van der Waals surface area contributed by atoms with Crippen LogP contribution in [0.25, 0.3) is 0 Å². The second-order valence-corrected chi connectivity index (χ2v) is 3.85. The van der Waals surface area contributed by atoms with E-state index in [1.807, 2.05) is 6.92 Å². The molecule has 0 aromatic heterocycles. The summed E-state index contributed by atoms with van der Waals surface area (Å²) in [5.74, 6) is 0.658. The van der Waals surface area contributed by atoms with Crippen LogP contribution in [0.15, 0.2) is 0 Å². The Morgan fingerprint density at radius 3 is 2.38 bits per heavy atom. The maximum atomic E-state index is 8.80. The predicted molar refractivity (Wildman–Crippen MR) is 55.4 cm³/mol. The van der Waals surface area contributed by atoms with E-state index < -0.39 is 0 Å². The maximum absolute atomic E-state index is 8.80. The number of likely N-dealkylation sites (N-methyl/N-ethyl adjacent to an activating group) is 2. The first kappa shape index (κ1) is 12.4. The second-order valence-electron chi connectivity index (χ2n) is 3.85. The van der Waals surface area contributed by atoms with Crippen molar-refractivity contribution < 1.29 is 0 Å². The third kappa shape index (κ3) is 6.56. The maximum Gasteiger partial charge on any atom is 0.108 e. The quantitative estimate of drug-likeness (QED) is 0.669. The van der Waals surface area contributed by atoms with E-state index in [1.165, 1.54) is 0 Å². The standard InChI is InChI=1S/C10H21N3/c1-5-12-10(6-11)8-13(4)7-9(2)3/h9-10,12H,5,7-8H2,1-4H3. The molecule has 0 fully saturated rings. The van der Waals surface area contributed by atoms with Crippen molar-refractivity contribution in [1.29, 1.82) is 5.26 Å². The molecule has 1 atom stereocenters. The van der Waals surface area contributed by atoms with Crippen LogP contribution in [0, 0.1) is 17.2 Å². The number of nitrogens with zero attached hydrogens (tertiary/aromatic N) is 2. The van der Waals surface area contributed by atoms with Crippen LogP contribution in [0.4, 0.5) is 0 Å². The molecule has 0 spiro atoms. The van der Waals surface area contributed by atoms with E-state index in [2.05, 4.69) is 37.2 Å². The normalized spacial score (nSPS) is 13.3. The molecular weight excluding hydrogens is 162 g/mol. The molecule has 0 saturated carbocycles. The Bertz CT molecular complexity index is 160. The molecule has 1 N–H and O–H groups in total. The van der Waals surface area contributed by atoms with Crippen LogP contribution in [0.2, 0.25) is 0 Å². The molecule has 0 aliphatic carbocycles. The smallest absolute Gasteiger partial charge is 0.108 e. The monoisotopic (exact) mass is 183 g/mol. The molecule has 0 aliphatic rings. The average Bonchev–Trinajstić information content (AvgIpc) is 2.02. The first-order valence-electron chi connectivity index (χ1n) is 4.91. The summed E-state index contributed by atoms with van der Waals surface area (Å²) in [4.78, 5) is 2.20. The number of rotatable bonds is 6. The van der Waals surface area contributed by atoms with E-state index in [-0.39, 0.29) is 6.04 Å². The molecule has 3 heteroatoms. The number of hydrogen-bond acceptors (Lipinski definition) is 3. The van der Waals surface area contributed by atoms with Crippen molar-refractivity contribution in [3.63, 3.8) is 0 Å². The van der Waals surface area contributed by atoms with Gasteiger partial charge < -0.3 is 10.2 Å². The van der Waals surface area contributed by atoms with Gasteiger partial charge in [-0.25, -0.2) is 0 Å². The Hall–Kier alpha value is -0.590. The van der Waals surface area contributed by atoms with Crippen molar-refractivity contribution in [3.8, 4) is 6.07 Å². The number of hydrogen-bond donors (Lipinski definition) is 1. The highest BCUT2D eigenvalue weighted by atomic mass is 15.1. The van der Waals surface area contributed by atoms with Gasteiger partial charge in [0.05, 0.1) is 6.07 Å². The van der Waals surface area contributed by atoms with Crippen molar-refractivity contribution >= 4 is 0 Å². The van der Waals surface area contributed by atoms with E-state index in [1.54, 1.807) is 0 Å². The molecule has 0 heterocycles. The summed E-state index contributed by atoms with van der Waals surface area (Å²) in [5, 5.41) is 11.9. The molecule has 13 heavy (non-hydrogen) atoms. The van der Waals surface area contributed by atoms with Crippen molar-refractivity contribution in [1.82, 2.24) is 10.2 Å². The van der Waals surface area contributed by atoms with Crippen LogP contribution in [-0.4, -0.2) is 37.6 Å². The van der Waals surface area contributed by atoms with Gasteiger partial charge in [0.15, 0.2) is 0 Å². The molecule has 1 unspecified atom stereocenters. The molecule has 0 aromatic rings. The van der Waals surface area contributed by atoms with Crippen LogP contribution >= 0.6 is 0 Å². The summed E-state index contributed by atoms with van der Waals surface area (Å²) in [6.45, 7) is 9.10. The summed E-state index contributed by atoms with van der Waals surface area (Å²) in [6.07, 6.45) is 0. The molecule has 3 nitrogen and oxygen atoms in total. The Labute approximate surface area is 81.7 Å². The van der Waals surface area contributed by atoms with Crippen LogP contribution in [0.1, 0.15) is 20.8 Å². The Balaban J connectivity index is 3.74. The fraction of sp³-hybridized carbons (Fsp3) is 0.900. The molecule has 0 saturated heterocycles. The summed E-state index contributed by atoms with van der Waals surface area (Å²) >= 11 is 0. The number of nitriles is 1. The molecule has 0 amide bonds. The van der Waals surface area contributed by atoms with Gasteiger partial charge >= 0.3 is 0 Å². The predicted octanol–water partition coefficient (Wildman–Crippen LogP) is 1.08. The zero-order valence-corrected chi connectivity index (χ0v) is 9.17. The van der Waals surface area contributed by atoms with Gasteiger partial charge in [0, 0.05) is 13.1 Å². The zero-order valence-electron chi connectivity index (χ0n) is 9.17. The molecule has 76 valence electrons. The van der Waals surface area contributed by atoms with Gasteiger partial charge in [0.2, 0.25) is 0 Å². The first-order chi connectivity index (χ1) is 6.10. The van der Waals surface area contributed by atoms with Crippen LogP contribution in [0.5, 0.6) is 0 Å². The largest absolute Gasteiger partial charge is 0.303 e. The fourth-order valence-corrected chi connectivity index (χ4v) is 1.41. The molecule has 0 radical (unpaired) electrons. The summed E-state index contributed by atoms with van der Waals surface area (Å²) < 4.78 is 0. The fourth-order valence-electron chi connectivity index (χ4n) is 1.41. The average molecular weight is 183 g/mol. The first-order valence-corrected chi connectivity index (χ1v) is 4.91. The Kier molecular flexibility index (Phi) is 6.56. The van der Waals surface area contributed by atoms with Crippen LogP contribution < -0.4 is 5.32 Å². The van der Waals surface area contributed by atoms with E-state index in [4.69, 9.17) is 5.26 Å². The van der Waals surface area contributed by atoms with Gasteiger partial charge in [-0.15, -0.1) is 0 Å². The van der Waals surface area contributed by atoms with Gasteiger partial charge in [-0.3, -0.25) is 0 Å². The van der Waals surface area contributed by atoms with Gasteiger partial charge in [-0.05, 0) is 19.5 Å². The summed E-state index contributed by atoms with van der Waals surface area (Å²) in [7, 11) is 2.06. The Morgan fingerprint density at radius 1 is 1.38 bits per heavy atom. The highest BCUT2D eigenvalue weighted by Gasteiger charge is 2.09. The van der Waals surface area contributed by atoms with Crippen LogP contribution in [-0.2, 0) is 0 Å². The van der Waals surface area contributed by atoms with Gasteiger partial charge in [-0.1, -0.05) is 20.8 Å². The lowest BCUT2D eigenvalue weighted by Gasteiger charge is -2.21. The third-order valence-corrected chi connectivity index (χ3v) is 1.78. The molecule has 0 bridgehead atoms. The lowest BCUT2D eigenvalue weighted by atomic mass is 10.2. The molecular formula is C10H21N3. The van der Waals surface area contributed by atoms with E-state index in [9.17, 15) is 0 Å². The van der Waals surface area contributed by atoms with E-state index in [0.717, 1.165) is 19.6 Å². The van der Waals surface area contributed by atoms with Crippen molar-refractivity contribution in [2.75, 3.05) is 26.7 Å².